The summed E-state index contributed by atoms with van der Waals surface area (Å²) in [6.07, 6.45) is -2.60. The fourth-order valence-corrected chi connectivity index (χ4v) is 1.13. The Morgan fingerprint density at radius 1 is 1.47 bits per heavy atom. The van der Waals surface area contributed by atoms with Crippen molar-refractivity contribution >= 4 is 17.2 Å². The molecule has 0 aliphatic heterocycles. The van der Waals surface area contributed by atoms with Gasteiger partial charge >= 0.3 is 0 Å². The highest BCUT2D eigenvalue weighted by molar-refractivity contribution is 7.80. The third-order valence-electron chi connectivity index (χ3n) is 1.57. The third kappa shape index (κ3) is 3.39. The lowest BCUT2D eigenvalue weighted by Gasteiger charge is -2.09. The Labute approximate surface area is 89.8 Å². The lowest BCUT2D eigenvalue weighted by atomic mass is 10.2. The molecule has 2 nitrogen and oxygen atoms in total. The van der Waals surface area contributed by atoms with E-state index in [1.165, 1.54) is 6.07 Å². The van der Waals surface area contributed by atoms with E-state index in [4.69, 9.17) is 10.5 Å². The monoisotopic (exact) mass is 235 g/mol. The van der Waals surface area contributed by atoms with Gasteiger partial charge in [-0.3, -0.25) is 0 Å². The molecule has 82 valence electrons. The average Bonchev–Trinajstić information content (AvgIpc) is 2.15. The Hall–Kier alpha value is -1.30. The van der Waals surface area contributed by atoms with Crippen molar-refractivity contribution in [3.8, 4) is 5.75 Å². The molecule has 0 bridgehead atoms. The third-order valence-corrected chi connectivity index (χ3v) is 1.79. The first kappa shape index (κ1) is 11.8. The van der Waals surface area contributed by atoms with Crippen LogP contribution in [-0.4, -0.2) is 18.0 Å². The number of rotatable bonds is 4. The molecule has 1 rings (SSSR count). The highest BCUT2D eigenvalue weighted by atomic mass is 32.1. The molecule has 0 fully saturated rings. The molecule has 0 atom stereocenters. The number of benzene rings is 1. The van der Waals surface area contributed by atoms with Crippen LogP contribution in [0.2, 0.25) is 0 Å². The van der Waals surface area contributed by atoms with E-state index >= 15 is 0 Å². The second-order valence-electron chi connectivity index (χ2n) is 2.71. The molecule has 15 heavy (non-hydrogen) atoms. The van der Waals surface area contributed by atoms with Gasteiger partial charge in [-0.05, 0) is 18.2 Å². The van der Waals surface area contributed by atoms with E-state index in [0.717, 1.165) is 12.1 Å². The van der Waals surface area contributed by atoms with Crippen molar-refractivity contribution < 1.29 is 17.9 Å². The molecule has 1 aromatic rings. The summed E-state index contributed by atoms with van der Waals surface area (Å²) in [5.74, 6) is -0.494. The Bertz CT molecular complexity index is 370. The van der Waals surface area contributed by atoms with Gasteiger partial charge in [0.05, 0.1) is 5.56 Å². The van der Waals surface area contributed by atoms with Crippen molar-refractivity contribution in [3.63, 3.8) is 0 Å². The molecular formula is C9H8F3NOS. The van der Waals surface area contributed by atoms with E-state index < -0.39 is 18.8 Å². The number of thiocarbonyl (C=S) groups is 1. The predicted octanol–water partition coefficient (Wildman–Crippen LogP) is 2.10. The number of nitrogens with two attached hydrogens (primary N) is 1. The van der Waals surface area contributed by atoms with Gasteiger partial charge < -0.3 is 10.5 Å². The molecule has 0 amide bonds. The molecule has 0 unspecified atom stereocenters. The van der Waals surface area contributed by atoms with E-state index in [0.29, 0.717) is 0 Å². The lowest BCUT2D eigenvalue weighted by molar-refractivity contribution is 0.0818. The maximum atomic E-state index is 12.8. The van der Waals surface area contributed by atoms with Crippen LogP contribution in [-0.2, 0) is 0 Å². The van der Waals surface area contributed by atoms with E-state index in [1.54, 1.807) is 0 Å². The fraction of sp³-hybridized carbons (Fsp3) is 0.222. The SMILES string of the molecule is NC(=S)c1cc(F)ccc1OCC(F)F. The number of ether oxygens (including phenoxy) is 1. The quantitative estimate of drug-likeness (QED) is 0.812. The van der Waals surface area contributed by atoms with Crippen molar-refractivity contribution in [3.05, 3.63) is 29.6 Å². The molecule has 0 heterocycles. The van der Waals surface area contributed by atoms with Crippen LogP contribution >= 0.6 is 12.2 Å². The molecule has 6 heteroatoms. The van der Waals surface area contributed by atoms with E-state index in [9.17, 15) is 13.2 Å². The van der Waals surface area contributed by atoms with Gasteiger partial charge in [-0.25, -0.2) is 13.2 Å². The minimum Gasteiger partial charge on any atom is -0.487 e. The van der Waals surface area contributed by atoms with Crippen molar-refractivity contribution in [2.45, 2.75) is 6.43 Å². The van der Waals surface area contributed by atoms with Gasteiger partial charge in [0.15, 0.2) is 0 Å². The van der Waals surface area contributed by atoms with Crippen LogP contribution in [0.1, 0.15) is 5.56 Å². The normalized spacial score (nSPS) is 10.4. The fourth-order valence-electron chi connectivity index (χ4n) is 0.973. The summed E-state index contributed by atoms with van der Waals surface area (Å²) in [4.78, 5) is -0.0984. The maximum Gasteiger partial charge on any atom is 0.272 e. The summed E-state index contributed by atoms with van der Waals surface area (Å²) < 4.78 is 41.3. The summed E-state index contributed by atoms with van der Waals surface area (Å²) in [7, 11) is 0. The molecule has 2 N–H and O–H groups in total. The molecule has 0 aliphatic rings. The summed E-state index contributed by atoms with van der Waals surface area (Å²) in [5.41, 5.74) is 5.40. The van der Waals surface area contributed by atoms with Crippen LogP contribution in [0.15, 0.2) is 18.2 Å². The van der Waals surface area contributed by atoms with Gasteiger partial charge in [-0.15, -0.1) is 0 Å². The number of hydrogen-bond donors (Lipinski definition) is 1. The Balaban J connectivity index is 2.91. The zero-order chi connectivity index (χ0) is 11.4. The highest BCUT2D eigenvalue weighted by Crippen LogP contribution is 2.20. The van der Waals surface area contributed by atoms with Crippen LogP contribution < -0.4 is 10.5 Å². The first-order valence-corrected chi connectivity index (χ1v) is 4.42. The van der Waals surface area contributed by atoms with E-state index in [-0.39, 0.29) is 16.3 Å². The van der Waals surface area contributed by atoms with Gasteiger partial charge in [0, 0.05) is 0 Å². The predicted molar refractivity (Wildman–Crippen MR) is 53.8 cm³/mol. The Morgan fingerprint density at radius 2 is 2.13 bits per heavy atom. The van der Waals surface area contributed by atoms with Gasteiger partial charge in [0.1, 0.15) is 23.2 Å². The molecular weight excluding hydrogens is 227 g/mol. The Kier molecular flexibility index (Phi) is 3.90. The highest BCUT2D eigenvalue weighted by Gasteiger charge is 2.10. The van der Waals surface area contributed by atoms with Crippen molar-refractivity contribution in [2.24, 2.45) is 5.73 Å². The summed E-state index contributed by atoms with van der Waals surface area (Å²) >= 11 is 4.63. The maximum absolute atomic E-state index is 12.8. The second-order valence-corrected chi connectivity index (χ2v) is 3.15. The molecule has 0 aliphatic carbocycles. The molecule has 1 aromatic carbocycles. The largest absolute Gasteiger partial charge is 0.487 e. The van der Waals surface area contributed by atoms with Crippen LogP contribution in [0, 0.1) is 5.82 Å². The van der Waals surface area contributed by atoms with Gasteiger partial charge in [0.25, 0.3) is 6.43 Å². The van der Waals surface area contributed by atoms with Crippen LogP contribution in [0.3, 0.4) is 0 Å². The van der Waals surface area contributed by atoms with Gasteiger partial charge in [-0.1, -0.05) is 12.2 Å². The van der Waals surface area contributed by atoms with E-state index in [2.05, 4.69) is 12.2 Å². The van der Waals surface area contributed by atoms with Gasteiger partial charge in [-0.2, -0.15) is 0 Å². The first-order valence-electron chi connectivity index (χ1n) is 4.01. The molecule has 0 saturated carbocycles. The van der Waals surface area contributed by atoms with Crippen LogP contribution in [0.5, 0.6) is 5.75 Å². The summed E-state index contributed by atoms with van der Waals surface area (Å²) in [6, 6.07) is 3.35. The van der Waals surface area contributed by atoms with Crippen molar-refractivity contribution in [2.75, 3.05) is 6.61 Å². The number of halogens is 3. The topological polar surface area (TPSA) is 35.2 Å². The van der Waals surface area contributed by atoms with Crippen molar-refractivity contribution in [1.82, 2.24) is 0 Å². The summed E-state index contributed by atoms with van der Waals surface area (Å²) in [5, 5.41) is 0. The Morgan fingerprint density at radius 3 is 2.67 bits per heavy atom. The molecule has 0 aromatic heterocycles. The first-order chi connectivity index (χ1) is 7.00. The van der Waals surface area contributed by atoms with Crippen molar-refractivity contribution in [1.29, 1.82) is 0 Å². The lowest BCUT2D eigenvalue weighted by Crippen LogP contribution is -2.14. The summed E-state index contributed by atoms with van der Waals surface area (Å²) in [6.45, 7) is -0.777. The molecule has 0 radical (unpaired) electrons. The number of alkyl halides is 2. The minimum atomic E-state index is -2.60. The van der Waals surface area contributed by atoms with Gasteiger partial charge in [0.2, 0.25) is 0 Å². The standard InChI is InChI=1S/C9H8F3NOS/c10-5-1-2-7(14-4-8(11)12)6(3-5)9(13)15/h1-3,8H,4H2,(H2,13,15). The zero-order valence-electron chi connectivity index (χ0n) is 7.54. The van der Waals surface area contributed by atoms with E-state index in [1.807, 2.05) is 0 Å². The van der Waals surface area contributed by atoms with Crippen LogP contribution in [0.25, 0.3) is 0 Å². The zero-order valence-corrected chi connectivity index (χ0v) is 8.36. The smallest absolute Gasteiger partial charge is 0.272 e. The average molecular weight is 235 g/mol. The number of hydrogen-bond acceptors (Lipinski definition) is 2. The minimum absolute atomic E-state index is 0.0594. The molecule has 0 spiro atoms. The van der Waals surface area contributed by atoms with Crippen LogP contribution in [0.4, 0.5) is 13.2 Å². The second kappa shape index (κ2) is 4.97. The molecule has 0 saturated heterocycles.